The fraction of sp³-hybridized carbons (Fsp3) is 0.571. The first kappa shape index (κ1) is 14.6. The lowest BCUT2D eigenvalue weighted by atomic mass is 10.1. The van der Waals surface area contributed by atoms with Gasteiger partial charge in [-0.3, -0.25) is 0 Å². The standard InChI is InChI=1S/C14H23N5O/c1-5-15-12-8-19-7-6-16-14(19)13(18-12)17-11(9-20-4)10(2)3/h6-8,10-11,15H,5,9H2,1-4H3,(H,17,18). The summed E-state index contributed by atoms with van der Waals surface area (Å²) in [5, 5.41) is 6.68. The van der Waals surface area contributed by atoms with Crippen molar-refractivity contribution < 1.29 is 4.74 Å². The number of imidazole rings is 1. The second-order valence-corrected chi connectivity index (χ2v) is 5.11. The molecule has 0 aliphatic rings. The van der Waals surface area contributed by atoms with E-state index in [1.807, 2.05) is 16.8 Å². The lowest BCUT2D eigenvalue weighted by molar-refractivity contribution is 0.171. The molecule has 2 aromatic heterocycles. The SMILES string of the molecule is CCNc1cn2ccnc2c(NC(COC)C(C)C)n1. The summed E-state index contributed by atoms with van der Waals surface area (Å²) in [7, 11) is 1.71. The summed E-state index contributed by atoms with van der Waals surface area (Å²) in [6.45, 7) is 7.84. The average Bonchev–Trinajstić information content (AvgIpc) is 2.86. The van der Waals surface area contributed by atoms with Gasteiger partial charge in [0.2, 0.25) is 0 Å². The lowest BCUT2D eigenvalue weighted by Gasteiger charge is -2.22. The molecule has 0 radical (unpaired) electrons. The van der Waals surface area contributed by atoms with E-state index < -0.39 is 0 Å². The number of fused-ring (bicyclic) bond motifs is 1. The Morgan fingerprint density at radius 2 is 2.20 bits per heavy atom. The number of methoxy groups -OCH3 is 1. The zero-order valence-corrected chi connectivity index (χ0v) is 12.6. The van der Waals surface area contributed by atoms with Crippen LogP contribution in [0.1, 0.15) is 20.8 Å². The van der Waals surface area contributed by atoms with Crippen LogP contribution in [0.3, 0.4) is 0 Å². The molecule has 2 N–H and O–H groups in total. The normalized spacial score (nSPS) is 12.8. The van der Waals surface area contributed by atoms with Gasteiger partial charge >= 0.3 is 0 Å². The van der Waals surface area contributed by atoms with Gasteiger partial charge in [0, 0.05) is 26.0 Å². The van der Waals surface area contributed by atoms with Crippen LogP contribution in [0, 0.1) is 5.92 Å². The van der Waals surface area contributed by atoms with E-state index in [2.05, 4.69) is 41.4 Å². The zero-order chi connectivity index (χ0) is 14.5. The molecular weight excluding hydrogens is 254 g/mol. The van der Waals surface area contributed by atoms with E-state index in [-0.39, 0.29) is 6.04 Å². The van der Waals surface area contributed by atoms with Crippen LogP contribution in [0.5, 0.6) is 0 Å². The number of rotatable bonds is 7. The summed E-state index contributed by atoms with van der Waals surface area (Å²) in [4.78, 5) is 8.97. The van der Waals surface area contributed by atoms with Crippen LogP contribution in [0.2, 0.25) is 0 Å². The summed E-state index contributed by atoms with van der Waals surface area (Å²) in [5.74, 6) is 2.05. The molecule has 2 heterocycles. The maximum absolute atomic E-state index is 5.28. The van der Waals surface area contributed by atoms with E-state index in [9.17, 15) is 0 Å². The molecule has 0 aliphatic carbocycles. The second kappa shape index (κ2) is 6.56. The van der Waals surface area contributed by atoms with Gasteiger partial charge < -0.3 is 19.8 Å². The summed E-state index contributed by atoms with van der Waals surface area (Å²) >= 11 is 0. The molecule has 0 amide bonds. The van der Waals surface area contributed by atoms with Crippen LogP contribution in [0.15, 0.2) is 18.6 Å². The van der Waals surface area contributed by atoms with Crippen molar-refractivity contribution in [3.8, 4) is 0 Å². The van der Waals surface area contributed by atoms with Gasteiger partial charge in [-0.1, -0.05) is 13.8 Å². The van der Waals surface area contributed by atoms with E-state index >= 15 is 0 Å². The Balaban J connectivity index is 2.33. The lowest BCUT2D eigenvalue weighted by Crippen LogP contribution is -2.31. The Bertz CT molecular complexity index is 551. The van der Waals surface area contributed by atoms with Crippen LogP contribution in [-0.2, 0) is 4.74 Å². The van der Waals surface area contributed by atoms with Crippen LogP contribution in [0.4, 0.5) is 11.6 Å². The molecular formula is C14H23N5O. The van der Waals surface area contributed by atoms with Crippen LogP contribution in [0.25, 0.3) is 5.65 Å². The van der Waals surface area contributed by atoms with E-state index in [0.29, 0.717) is 12.5 Å². The predicted octanol–water partition coefficient (Wildman–Crippen LogP) is 2.24. The van der Waals surface area contributed by atoms with Crippen molar-refractivity contribution in [2.24, 2.45) is 5.92 Å². The molecule has 110 valence electrons. The number of hydrogen-bond acceptors (Lipinski definition) is 5. The molecule has 0 bridgehead atoms. The molecule has 0 saturated heterocycles. The Labute approximate surface area is 119 Å². The van der Waals surface area contributed by atoms with Gasteiger partial charge in [0.05, 0.1) is 18.8 Å². The van der Waals surface area contributed by atoms with Crippen molar-refractivity contribution in [1.82, 2.24) is 14.4 Å². The number of anilines is 2. The maximum atomic E-state index is 5.28. The summed E-state index contributed by atoms with van der Waals surface area (Å²) in [6, 6.07) is 0.199. The van der Waals surface area contributed by atoms with E-state index in [1.54, 1.807) is 13.3 Å². The van der Waals surface area contributed by atoms with Crippen LogP contribution < -0.4 is 10.6 Å². The molecule has 1 atom stereocenters. The Hall–Kier alpha value is -1.82. The molecule has 6 nitrogen and oxygen atoms in total. The first-order chi connectivity index (χ1) is 9.65. The molecule has 1 unspecified atom stereocenters. The van der Waals surface area contributed by atoms with E-state index in [0.717, 1.165) is 23.8 Å². The van der Waals surface area contributed by atoms with Gasteiger partial charge in [-0.05, 0) is 12.8 Å². The minimum atomic E-state index is 0.199. The highest BCUT2D eigenvalue weighted by Crippen LogP contribution is 2.19. The predicted molar refractivity (Wildman–Crippen MR) is 81.3 cm³/mol. The maximum Gasteiger partial charge on any atom is 0.180 e. The fourth-order valence-corrected chi connectivity index (χ4v) is 2.05. The topological polar surface area (TPSA) is 63.5 Å². The van der Waals surface area contributed by atoms with Crippen molar-refractivity contribution in [2.45, 2.75) is 26.8 Å². The molecule has 0 saturated carbocycles. The highest BCUT2D eigenvalue weighted by atomic mass is 16.5. The van der Waals surface area contributed by atoms with Gasteiger partial charge in [0.1, 0.15) is 5.82 Å². The van der Waals surface area contributed by atoms with Gasteiger partial charge in [0.25, 0.3) is 0 Å². The minimum absolute atomic E-state index is 0.199. The van der Waals surface area contributed by atoms with Crippen molar-refractivity contribution in [1.29, 1.82) is 0 Å². The fourth-order valence-electron chi connectivity index (χ4n) is 2.05. The third-order valence-electron chi connectivity index (χ3n) is 3.21. The first-order valence-electron chi connectivity index (χ1n) is 6.98. The Morgan fingerprint density at radius 3 is 2.85 bits per heavy atom. The quantitative estimate of drug-likeness (QED) is 0.812. The number of nitrogens with one attached hydrogen (secondary N) is 2. The second-order valence-electron chi connectivity index (χ2n) is 5.11. The summed E-state index contributed by atoms with van der Waals surface area (Å²) in [6.07, 6.45) is 5.64. The zero-order valence-electron chi connectivity index (χ0n) is 12.6. The number of aromatic nitrogens is 3. The Kier molecular flexibility index (Phi) is 4.79. The van der Waals surface area contributed by atoms with Gasteiger partial charge in [-0.25, -0.2) is 9.97 Å². The van der Waals surface area contributed by atoms with Gasteiger partial charge in [0.15, 0.2) is 11.5 Å². The number of ether oxygens (including phenoxy) is 1. The van der Waals surface area contributed by atoms with Gasteiger partial charge in [-0.15, -0.1) is 0 Å². The first-order valence-corrected chi connectivity index (χ1v) is 6.98. The molecule has 0 fully saturated rings. The minimum Gasteiger partial charge on any atom is -0.383 e. The molecule has 0 aliphatic heterocycles. The van der Waals surface area contributed by atoms with Crippen LogP contribution >= 0.6 is 0 Å². The monoisotopic (exact) mass is 277 g/mol. The van der Waals surface area contributed by atoms with E-state index in [4.69, 9.17) is 4.74 Å². The molecule has 0 spiro atoms. The van der Waals surface area contributed by atoms with Crippen molar-refractivity contribution in [2.75, 3.05) is 30.9 Å². The van der Waals surface area contributed by atoms with Gasteiger partial charge in [-0.2, -0.15) is 0 Å². The van der Waals surface area contributed by atoms with Crippen LogP contribution in [-0.4, -0.2) is 40.7 Å². The van der Waals surface area contributed by atoms with Crippen molar-refractivity contribution in [3.05, 3.63) is 18.6 Å². The molecule has 20 heavy (non-hydrogen) atoms. The van der Waals surface area contributed by atoms with E-state index in [1.165, 1.54) is 0 Å². The largest absolute Gasteiger partial charge is 0.383 e. The number of nitrogens with zero attached hydrogens (tertiary/aromatic N) is 3. The third-order valence-corrected chi connectivity index (χ3v) is 3.21. The molecule has 2 rings (SSSR count). The summed E-state index contributed by atoms with van der Waals surface area (Å²) < 4.78 is 7.25. The highest BCUT2D eigenvalue weighted by Gasteiger charge is 2.16. The third kappa shape index (κ3) is 3.19. The Morgan fingerprint density at radius 1 is 1.40 bits per heavy atom. The van der Waals surface area contributed by atoms with Crippen molar-refractivity contribution in [3.63, 3.8) is 0 Å². The molecule has 0 aromatic carbocycles. The molecule has 6 heteroatoms. The average molecular weight is 277 g/mol. The molecule has 2 aromatic rings. The highest BCUT2D eigenvalue weighted by molar-refractivity contribution is 5.65. The smallest absolute Gasteiger partial charge is 0.180 e. The number of hydrogen-bond donors (Lipinski definition) is 2. The summed E-state index contributed by atoms with van der Waals surface area (Å²) in [5.41, 5.74) is 0.827. The van der Waals surface area contributed by atoms with Crippen molar-refractivity contribution >= 4 is 17.3 Å².